The third-order valence-electron chi connectivity index (χ3n) is 2.97. The molecule has 0 aliphatic carbocycles. The van der Waals surface area contributed by atoms with Crippen molar-refractivity contribution >= 4 is 27.5 Å². The highest BCUT2D eigenvalue weighted by molar-refractivity contribution is 7.89. The maximum Gasteiger partial charge on any atom is 0.240 e. The van der Waals surface area contributed by atoms with Crippen molar-refractivity contribution in [3.05, 3.63) is 29.3 Å². The number of halogens is 1. The average Bonchev–Trinajstić information content (AvgIpc) is 2.32. The van der Waals surface area contributed by atoms with Gasteiger partial charge < -0.3 is 10.6 Å². The lowest BCUT2D eigenvalue weighted by Gasteiger charge is -2.25. The minimum absolute atomic E-state index is 0.000429. The zero-order chi connectivity index (χ0) is 14.6. The van der Waals surface area contributed by atoms with E-state index in [1.54, 1.807) is 12.1 Å². The van der Waals surface area contributed by atoms with E-state index in [0.29, 0.717) is 18.1 Å². The zero-order valence-electron chi connectivity index (χ0n) is 10.7. The Morgan fingerprint density at radius 2 is 2.10 bits per heavy atom. The first-order valence-corrected chi connectivity index (χ1v) is 8.09. The molecule has 3 N–H and O–H groups in total. The van der Waals surface area contributed by atoms with Crippen molar-refractivity contribution in [2.24, 2.45) is 5.92 Å². The summed E-state index contributed by atoms with van der Waals surface area (Å²) in [7, 11) is -3.59. The van der Waals surface area contributed by atoms with Gasteiger partial charge in [-0.1, -0.05) is 17.7 Å². The lowest BCUT2D eigenvalue weighted by Crippen LogP contribution is -2.51. The van der Waals surface area contributed by atoms with E-state index in [1.807, 2.05) is 0 Å². The number of hydrogen-bond acceptors (Lipinski definition) is 4. The lowest BCUT2D eigenvalue weighted by atomic mass is 10.0. The predicted octanol–water partition coefficient (Wildman–Crippen LogP) is -0.0461. The molecule has 20 heavy (non-hydrogen) atoms. The van der Waals surface area contributed by atoms with E-state index in [4.69, 9.17) is 11.6 Å². The summed E-state index contributed by atoms with van der Waals surface area (Å²) in [6.45, 7) is 1.76. The number of amides is 1. The second-order valence-corrected chi connectivity index (χ2v) is 6.70. The van der Waals surface area contributed by atoms with Gasteiger partial charge in [0.15, 0.2) is 0 Å². The number of carbonyl (C=O) groups is 1. The molecule has 6 nitrogen and oxygen atoms in total. The second kappa shape index (κ2) is 6.53. The third-order valence-corrected chi connectivity index (χ3v) is 4.67. The van der Waals surface area contributed by atoms with Gasteiger partial charge in [-0.2, -0.15) is 0 Å². The predicted molar refractivity (Wildman–Crippen MR) is 76.0 cm³/mol. The summed E-state index contributed by atoms with van der Waals surface area (Å²) in [6.07, 6.45) is 0. The van der Waals surface area contributed by atoms with Crippen LogP contribution in [-0.2, 0) is 14.8 Å². The van der Waals surface area contributed by atoms with E-state index in [9.17, 15) is 13.2 Å². The van der Waals surface area contributed by atoms with Crippen LogP contribution in [0.5, 0.6) is 0 Å². The Balaban J connectivity index is 1.79. The van der Waals surface area contributed by atoms with Gasteiger partial charge in [0.1, 0.15) is 0 Å². The highest BCUT2D eigenvalue weighted by Gasteiger charge is 2.24. The summed E-state index contributed by atoms with van der Waals surface area (Å²) in [5.74, 6) is -0.0507. The molecule has 0 unspecified atom stereocenters. The van der Waals surface area contributed by atoms with E-state index < -0.39 is 10.0 Å². The Hall–Kier alpha value is -1.15. The molecule has 2 rings (SSSR count). The third kappa shape index (κ3) is 3.92. The molecule has 1 aliphatic rings. The van der Waals surface area contributed by atoms with E-state index in [1.165, 1.54) is 12.1 Å². The van der Waals surface area contributed by atoms with E-state index in [2.05, 4.69) is 15.4 Å². The van der Waals surface area contributed by atoms with Crippen LogP contribution in [0.15, 0.2) is 29.2 Å². The monoisotopic (exact) mass is 317 g/mol. The molecule has 0 aromatic heterocycles. The van der Waals surface area contributed by atoms with Gasteiger partial charge in [0, 0.05) is 31.2 Å². The van der Waals surface area contributed by atoms with Gasteiger partial charge in [0.25, 0.3) is 0 Å². The van der Waals surface area contributed by atoms with E-state index >= 15 is 0 Å². The number of sulfonamides is 1. The van der Waals surface area contributed by atoms with Crippen LogP contribution in [0.25, 0.3) is 0 Å². The van der Waals surface area contributed by atoms with Gasteiger partial charge in [-0.3, -0.25) is 4.79 Å². The van der Waals surface area contributed by atoms with Crippen LogP contribution >= 0.6 is 11.6 Å². The van der Waals surface area contributed by atoms with Crippen molar-refractivity contribution in [1.29, 1.82) is 0 Å². The SMILES string of the molecule is O=C(NCCNS(=O)(=O)c1cccc(Cl)c1)C1CNC1. The van der Waals surface area contributed by atoms with Gasteiger partial charge in [0.05, 0.1) is 10.8 Å². The van der Waals surface area contributed by atoms with Crippen molar-refractivity contribution in [1.82, 2.24) is 15.4 Å². The Morgan fingerprint density at radius 1 is 1.35 bits per heavy atom. The molecular weight excluding hydrogens is 302 g/mol. The molecule has 8 heteroatoms. The number of nitrogens with one attached hydrogen (secondary N) is 3. The molecule has 1 aliphatic heterocycles. The van der Waals surface area contributed by atoms with Crippen LogP contribution < -0.4 is 15.4 Å². The molecule has 1 aromatic carbocycles. The Labute approximate surface area is 122 Å². The Kier molecular flexibility index (Phi) is 4.98. The van der Waals surface area contributed by atoms with Crippen LogP contribution in [0.2, 0.25) is 5.02 Å². The first-order valence-electron chi connectivity index (χ1n) is 6.23. The smallest absolute Gasteiger partial charge is 0.240 e. The quantitative estimate of drug-likeness (QED) is 0.642. The van der Waals surface area contributed by atoms with Crippen LogP contribution in [-0.4, -0.2) is 40.5 Å². The van der Waals surface area contributed by atoms with Crippen LogP contribution in [0.1, 0.15) is 0 Å². The Morgan fingerprint density at radius 3 is 2.70 bits per heavy atom. The molecule has 1 amide bonds. The van der Waals surface area contributed by atoms with Crippen molar-refractivity contribution in [2.45, 2.75) is 4.90 Å². The first-order chi connectivity index (χ1) is 9.49. The largest absolute Gasteiger partial charge is 0.354 e. The molecule has 0 spiro atoms. The van der Waals surface area contributed by atoms with Crippen LogP contribution in [0.4, 0.5) is 0 Å². The number of hydrogen-bond donors (Lipinski definition) is 3. The molecule has 1 fully saturated rings. The van der Waals surface area contributed by atoms with Gasteiger partial charge in [-0.25, -0.2) is 13.1 Å². The van der Waals surface area contributed by atoms with Crippen molar-refractivity contribution < 1.29 is 13.2 Å². The van der Waals surface area contributed by atoms with Gasteiger partial charge in [0.2, 0.25) is 15.9 Å². The maximum atomic E-state index is 11.9. The molecule has 1 aromatic rings. The number of rotatable bonds is 6. The summed E-state index contributed by atoms with van der Waals surface area (Å²) in [5, 5.41) is 6.05. The molecule has 110 valence electrons. The number of benzene rings is 1. The molecular formula is C12H16ClN3O3S. The highest BCUT2D eigenvalue weighted by atomic mass is 35.5. The molecule has 0 atom stereocenters. The van der Waals surface area contributed by atoms with Gasteiger partial charge >= 0.3 is 0 Å². The standard InChI is InChI=1S/C12H16ClN3O3S/c13-10-2-1-3-11(6-10)20(18,19)16-5-4-15-12(17)9-7-14-8-9/h1-3,6,9,14,16H,4-5,7-8H2,(H,15,17). The summed E-state index contributed by atoms with van der Waals surface area (Å²) >= 11 is 5.76. The summed E-state index contributed by atoms with van der Waals surface area (Å²) in [5.41, 5.74) is 0. The van der Waals surface area contributed by atoms with E-state index in [0.717, 1.165) is 0 Å². The molecule has 0 saturated carbocycles. The van der Waals surface area contributed by atoms with Crippen molar-refractivity contribution in [3.8, 4) is 0 Å². The fourth-order valence-corrected chi connectivity index (χ4v) is 3.04. The highest BCUT2D eigenvalue weighted by Crippen LogP contribution is 2.14. The molecule has 0 radical (unpaired) electrons. The fourth-order valence-electron chi connectivity index (χ4n) is 1.71. The summed E-state index contributed by atoms with van der Waals surface area (Å²) < 4.78 is 26.3. The zero-order valence-corrected chi connectivity index (χ0v) is 12.3. The fraction of sp³-hybridized carbons (Fsp3) is 0.417. The molecule has 1 heterocycles. The normalized spacial score (nSPS) is 15.7. The van der Waals surface area contributed by atoms with Gasteiger partial charge in [-0.15, -0.1) is 0 Å². The van der Waals surface area contributed by atoms with Crippen molar-refractivity contribution in [2.75, 3.05) is 26.2 Å². The second-order valence-electron chi connectivity index (χ2n) is 4.50. The van der Waals surface area contributed by atoms with Crippen LogP contribution in [0.3, 0.4) is 0 Å². The summed E-state index contributed by atoms with van der Waals surface area (Å²) in [6, 6.07) is 6.02. The topological polar surface area (TPSA) is 87.3 Å². The van der Waals surface area contributed by atoms with Crippen LogP contribution in [0, 0.1) is 5.92 Å². The first kappa shape index (κ1) is 15.2. The minimum Gasteiger partial charge on any atom is -0.354 e. The lowest BCUT2D eigenvalue weighted by molar-refractivity contribution is -0.126. The minimum atomic E-state index is -3.59. The maximum absolute atomic E-state index is 11.9. The average molecular weight is 318 g/mol. The van der Waals surface area contributed by atoms with E-state index in [-0.39, 0.29) is 29.8 Å². The molecule has 1 saturated heterocycles. The summed E-state index contributed by atoms with van der Waals surface area (Å²) in [4.78, 5) is 11.6. The Bertz CT molecular complexity index is 587. The molecule has 0 bridgehead atoms. The number of carbonyl (C=O) groups excluding carboxylic acids is 1. The van der Waals surface area contributed by atoms with Gasteiger partial charge in [-0.05, 0) is 18.2 Å². The van der Waals surface area contributed by atoms with Crippen molar-refractivity contribution in [3.63, 3.8) is 0 Å².